The Morgan fingerprint density at radius 1 is 1.53 bits per heavy atom. The maximum absolute atomic E-state index is 5.77. The Hall–Kier alpha value is -1.55. The Morgan fingerprint density at radius 3 is 3.06 bits per heavy atom. The second-order valence-corrected chi connectivity index (χ2v) is 4.98. The number of anilines is 1. The normalized spacial score (nSPS) is 28.9. The second-order valence-electron chi connectivity index (χ2n) is 4.98. The number of fused-ring (bicyclic) bond motifs is 1. The van der Waals surface area contributed by atoms with Crippen molar-refractivity contribution in [3.63, 3.8) is 0 Å². The van der Waals surface area contributed by atoms with Gasteiger partial charge < -0.3 is 15.0 Å². The number of rotatable bonds is 1. The Bertz CT molecular complexity index is 563. The van der Waals surface area contributed by atoms with Crippen molar-refractivity contribution in [2.45, 2.75) is 31.9 Å². The standard InChI is InChI=1S/C13H17N3O/c1-9-13(2,5-6-17-9)16-8-15-11-7-10(14)3-4-12(11)16/h3-4,7-9H,5-6,14H2,1-2H3. The van der Waals surface area contributed by atoms with Crippen LogP contribution in [0.5, 0.6) is 0 Å². The quantitative estimate of drug-likeness (QED) is 0.765. The molecular formula is C13H17N3O. The van der Waals surface area contributed by atoms with E-state index in [0.717, 1.165) is 29.7 Å². The maximum atomic E-state index is 5.77. The van der Waals surface area contributed by atoms with Crippen LogP contribution in [0.1, 0.15) is 20.3 Å². The highest BCUT2D eigenvalue weighted by Gasteiger charge is 2.39. The van der Waals surface area contributed by atoms with Gasteiger partial charge in [-0.15, -0.1) is 0 Å². The van der Waals surface area contributed by atoms with Gasteiger partial charge in [-0.05, 0) is 38.5 Å². The van der Waals surface area contributed by atoms with Crippen molar-refractivity contribution in [3.05, 3.63) is 24.5 Å². The average Bonchev–Trinajstić information content (AvgIpc) is 2.84. The fraction of sp³-hybridized carbons (Fsp3) is 0.462. The molecule has 0 amide bonds. The number of nitrogens with two attached hydrogens (primary N) is 1. The zero-order valence-electron chi connectivity index (χ0n) is 10.2. The zero-order chi connectivity index (χ0) is 12.0. The van der Waals surface area contributed by atoms with E-state index in [0.29, 0.717) is 0 Å². The first-order valence-electron chi connectivity index (χ1n) is 5.96. The van der Waals surface area contributed by atoms with Crippen LogP contribution < -0.4 is 5.73 Å². The summed E-state index contributed by atoms with van der Waals surface area (Å²) in [5.74, 6) is 0. The van der Waals surface area contributed by atoms with Gasteiger partial charge >= 0.3 is 0 Å². The lowest BCUT2D eigenvalue weighted by Gasteiger charge is -2.30. The Morgan fingerprint density at radius 2 is 2.35 bits per heavy atom. The minimum absolute atomic E-state index is 0.00906. The predicted molar refractivity (Wildman–Crippen MR) is 67.8 cm³/mol. The SMILES string of the molecule is CC1OCCC1(C)n1cnc2cc(N)ccc21. The number of imidazole rings is 1. The highest BCUT2D eigenvalue weighted by molar-refractivity contribution is 5.79. The van der Waals surface area contributed by atoms with Crippen LogP contribution in [0.3, 0.4) is 0 Å². The van der Waals surface area contributed by atoms with E-state index in [1.54, 1.807) is 0 Å². The van der Waals surface area contributed by atoms with E-state index >= 15 is 0 Å². The molecule has 1 fully saturated rings. The Kier molecular flexibility index (Phi) is 2.16. The third kappa shape index (κ3) is 1.44. The first-order valence-corrected chi connectivity index (χ1v) is 5.96. The molecule has 1 aliphatic rings. The van der Waals surface area contributed by atoms with Crippen molar-refractivity contribution in [2.75, 3.05) is 12.3 Å². The summed E-state index contributed by atoms with van der Waals surface area (Å²) in [6.45, 7) is 5.16. The van der Waals surface area contributed by atoms with Crippen LogP contribution in [0, 0.1) is 0 Å². The predicted octanol–water partition coefficient (Wildman–Crippen LogP) is 2.14. The number of benzene rings is 1. The molecule has 0 radical (unpaired) electrons. The molecule has 1 aromatic heterocycles. The van der Waals surface area contributed by atoms with Gasteiger partial charge in [0.1, 0.15) is 0 Å². The molecule has 0 aliphatic carbocycles. The highest BCUT2D eigenvalue weighted by atomic mass is 16.5. The van der Waals surface area contributed by atoms with Gasteiger partial charge in [-0.3, -0.25) is 0 Å². The lowest BCUT2D eigenvalue weighted by atomic mass is 9.94. The smallest absolute Gasteiger partial charge is 0.0964 e. The van der Waals surface area contributed by atoms with Gasteiger partial charge in [0.2, 0.25) is 0 Å². The molecule has 0 spiro atoms. The molecule has 17 heavy (non-hydrogen) atoms. The van der Waals surface area contributed by atoms with E-state index in [2.05, 4.69) is 23.4 Å². The van der Waals surface area contributed by atoms with E-state index in [1.807, 2.05) is 24.5 Å². The maximum Gasteiger partial charge on any atom is 0.0964 e. The van der Waals surface area contributed by atoms with Crippen molar-refractivity contribution in [1.82, 2.24) is 9.55 Å². The number of hydrogen-bond acceptors (Lipinski definition) is 3. The van der Waals surface area contributed by atoms with Crippen molar-refractivity contribution in [1.29, 1.82) is 0 Å². The van der Waals surface area contributed by atoms with Gasteiger partial charge in [0.15, 0.2) is 0 Å². The fourth-order valence-corrected chi connectivity index (χ4v) is 2.58. The first kappa shape index (κ1) is 10.6. The monoisotopic (exact) mass is 231 g/mol. The van der Waals surface area contributed by atoms with Crippen molar-refractivity contribution in [2.24, 2.45) is 0 Å². The molecule has 2 unspecified atom stereocenters. The van der Waals surface area contributed by atoms with Crippen LogP contribution in [-0.4, -0.2) is 22.3 Å². The summed E-state index contributed by atoms with van der Waals surface area (Å²) in [5, 5.41) is 0. The number of nitrogens with zero attached hydrogens (tertiary/aromatic N) is 2. The van der Waals surface area contributed by atoms with E-state index in [1.165, 1.54) is 0 Å². The largest absolute Gasteiger partial charge is 0.399 e. The van der Waals surface area contributed by atoms with Gasteiger partial charge in [0.25, 0.3) is 0 Å². The number of aromatic nitrogens is 2. The van der Waals surface area contributed by atoms with E-state index in [4.69, 9.17) is 10.5 Å². The number of hydrogen-bond donors (Lipinski definition) is 1. The molecule has 4 heteroatoms. The number of ether oxygens (including phenoxy) is 1. The summed E-state index contributed by atoms with van der Waals surface area (Å²) < 4.78 is 7.91. The van der Waals surface area contributed by atoms with Gasteiger partial charge in [-0.2, -0.15) is 0 Å². The fourth-order valence-electron chi connectivity index (χ4n) is 2.58. The van der Waals surface area contributed by atoms with Crippen LogP contribution in [0.15, 0.2) is 24.5 Å². The summed E-state index contributed by atoms with van der Waals surface area (Å²) in [6.07, 6.45) is 3.12. The number of nitrogen functional groups attached to an aromatic ring is 1. The molecule has 3 rings (SSSR count). The van der Waals surface area contributed by atoms with Crippen molar-refractivity contribution < 1.29 is 4.74 Å². The van der Waals surface area contributed by atoms with Gasteiger partial charge in [0.05, 0.1) is 29.0 Å². The van der Waals surface area contributed by atoms with Crippen LogP contribution in [0.4, 0.5) is 5.69 Å². The summed E-state index contributed by atoms with van der Waals surface area (Å²) in [4.78, 5) is 4.43. The van der Waals surface area contributed by atoms with E-state index < -0.39 is 0 Å². The van der Waals surface area contributed by atoms with Crippen LogP contribution in [0.25, 0.3) is 11.0 Å². The second kappa shape index (κ2) is 3.47. The average molecular weight is 231 g/mol. The third-order valence-corrected chi connectivity index (χ3v) is 3.97. The van der Waals surface area contributed by atoms with E-state index in [9.17, 15) is 0 Å². The van der Waals surface area contributed by atoms with Crippen LogP contribution >= 0.6 is 0 Å². The molecule has 2 N–H and O–H groups in total. The lowest BCUT2D eigenvalue weighted by Crippen LogP contribution is -2.36. The summed E-state index contributed by atoms with van der Waals surface area (Å²) in [7, 11) is 0. The van der Waals surface area contributed by atoms with Crippen molar-refractivity contribution in [3.8, 4) is 0 Å². The molecule has 2 aromatic rings. The lowest BCUT2D eigenvalue weighted by molar-refractivity contribution is 0.0775. The summed E-state index contributed by atoms with van der Waals surface area (Å²) >= 11 is 0. The third-order valence-electron chi connectivity index (χ3n) is 3.97. The molecular weight excluding hydrogens is 214 g/mol. The van der Waals surface area contributed by atoms with Crippen LogP contribution in [0.2, 0.25) is 0 Å². The molecule has 2 atom stereocenters. The molecule has 0 bridgehead atoms. The molecule has 4 nitrogen and oxygen atoms in total. The Labute approximate surface area is 100 Å². The minimum Gasteiger partial charge on any atom is -0.399 e. The van der Waals surface area contributed by atoms with Crippen molar-refractivity contribution >= 4 is 16.7 Å². The van der Waals surface area contributed by atoms with Gasteiger partial charge in [-0.1, -0.05) is 0 Å². The zero-order valence-corrected chi connectivity index (χ0v) is 10.2. The molecule has 1 saturated heterocycles. The minimum atomic E-state index is -0.00906. The highest BCUT2D eigenvalue weighted by Crippen LogP contribution is 2.35. The van der Waals surface area contributed by atoms with Crippen LogP contribution in [-0.2, 0) is 10.3 Å². The first-order chi connectivity index (χ1) is 8.11. The Balaban J connectivity index is 2.18. The molecule has 2 heterocycles. The topological polar surface area (TPSA) is 53.1 Å². The molecule has 1 aromatic carbocycles. The van der Waals surface area contributed by atoms with Gasteiger partial charge in [-0.25, -0.2) is 4.98 Å². The van der Waals surface area contributed by atoms with E-state index in [-0.39, 0.29) is 11.6 Å². The molecule has 1 aliphatic heterocycles. The van der Waals surface area contributed by atoms with Gasteiger partial charge in [0, 0.05) is 12.3 Å². The molecule has 90 valence electrons. The summed E-state index contributed by atoms with van der Waals surface area (Å²) in [5.41, 5.74) is 8.59. The molecule has 0 saturated carbocycles. The summed E-state index contributed by atoms with van der Waals surface area (Å²) in [6, 6.07) is 5.87.